The maximum Gasteiger partial charge on any atom is 0.239 e. The molecule has 0 aromatic heterocycles. The third kappa shape index (κ3) is 6.08. The quantitative estimate of drug-likeness (QED) is 0.653. The molecule has 1 amide bonds. The fourth-order valence-corrected chi connectivity index (χ4v) is 1.65. The third-order valence-corrected chi connectivity index (χ3v) is 2.51. The molecule has 3 N–H and O–H groups in total. The van der Waals surface area contributed by atoms with E-state index in [9.17, 15) is 4.79 Å². The lowest BCUT2D eigenvalue weighted by Crippen LogP contribution is -2.45. The van der Waals surface area contributed by atoms with E-state index in [0.29, 0.717) is 25.4 Å². The molecule has 0 fully saturated rings. The smallest absolute Gasteiger partial charge is 0.239 e. The summed E-state index contributed by atoms with van der Waals surface area (Å²) in [6.07, 6.45) is 2.70. The summed E-state index contributed by atoms with van der Waals surface area (Å²) in [6, 6.07) is -0.427. The van der Waals surface area contributed by atoms with E-state index in [1.165, 1.54) is 0 Å². The summed E-state index contributed by atoms with van der Waals surface area (Å²) in [6.45, 7) is 7.27. The average molecular weight is 230 g/mol. The zero-order valence-corrected chi connectivity index (χ0v) is 10.8. The summed E-state index contributed by atoms with van der Waals surface area (Å²) < 4.78 is 0. The lowest BCUT2D eigenvalue weighted by atomic mass is 10.0. The Morgan fingerprint density at radius 3 is 2.44 bits per heavy atom. The molecule has 0 aromatic carbocycles. The van der Waals surface area contributed by atoms with E-state index in [4.69, 9.17) is 10.8 Å². The van der Waals surface area contributed by atoms with Gasteiger partial charge in [-0.15, -0.1) is 0 Å². The van der Waals surface area contributed by atoms with Crippen LogP contribution < -0.4 is 5.73 Å². The lowest BCUT2D eigenvalue weighted by Gasteiger charge is -2.25. The Hall–Kier alpha value is -0.610. The first-order chi connectivity index (χ1) is 7.52. The molecule has 0 saturated carbocycles. The first kappa shape index (κ1) is 15.4. The Morgan fingerprint density at radius 1 is 1.38 bits per heavy atom. The number of carbonyl (C=O) groups excluding carboxylic acids is 1. The molecule has 0 aromatic rings. The Morgan fingerprint density at radius 2 is 2.00 bits per heavy atom. The van der Waals surface area contributed by atoms with Crippen LogP contribution in [0, 0.1) is 5.92 Å². The van der Waals surface area contributed by atoms with Crippen LogP contribution in [0.3, 0.4) is 0 Å². The molecule has 0 aliphatic carbocycles. The summed E-state index contributed by atoms with van der Waals surface area (Å²) in [5, 5.41) is 8.91. The van der Waals surface area contributed by atoms with Gasteiger partial charge in [0.25, 0.3) is 0 Å². The van der Waals surface area contributed by atoms with E-state index in [1.807, 2.05) is 0 Å². The number of rotatable bonds is 8. The number of amides is 1. The average Bonchev–Trinajstić information content (AvgIpc) is 2.22. The molecule has 0 radical (unpaired) electrons. The fourth-order valence-electron chi connectivity index (χ4n) is 1.65. The van der Waals surface area contributed by atoms with Gasteiger partial charge in [0.1, 0.15) is 0 Å². The van der Waals surface area contributed by atoms with E-state index in [1.54, 1.807) is 4.90 Å². The second kappa shape index (κ2) is 8.53. The number of unbranched alkanes of at least 4 members (excludes halogenated alkanes) is 1. The minimum atomic E-state index is -0.427. The van der Waals surface area contributed by atoms with Gasteiger partial charge in [-0.2, -0.15) is 0 Å². The van der Waals surface area contributed by atoms with Crippen molar-refractivity contribution in [2.45, 2.75) is 46.1 Å². The maximum absolute atomic E-state index is 12.0. The topological polar surface area (TPSA) is 66.6 Å². The number of aliphatic hydroxyl groups excluding tert-OH is 1. The van der Waals surface area contributed by atoms with Crippen molar-refractivity contribution in [1.82, 2.24) is 4.90 Å². The van der Waals surface area contributed by atoms with Gasteiger partial charge in [-0.1, -0.05) is 27.2 Å². The number of nitrogens with zero attached hydrogens (tertiary/aromatic N) is 1. The second-order valence-electron chi connectivity index (χ2n) is 4.64. The third-order valence-electron chi connectivity index (χ3n) is 2.51. The van der Waals surface area contributed by atoms with Crippen molar-refractivity contribution < 1.29 is 9.90 Å². The SMILES string of the molecule is CCCCN(CCO)C(=O)[C@H](N)CC(C)C. The van der Waals surface area contributed by atoms with E-state index < -0.39 is 6.04 Å². The van der Waals surface area contributed by atoms with Gasteiger partial charge >= 0.3 is 0 Å². The van der Waals surface area contributed by atoms with Crippen LogP contribution in [-0.4, -0.2) is 41.7 Å². The van der Waals surface area contributed by atoms with Gasteiger partial charge in [-0.3, -0.25) is 4.79 Å². The number of carbonyl (C=O) groups is 1. The van der Waals surface area contributed by atoms with Crippen LogP contribution in [0.5, 0.6) is 0 Å². The van der Waals surface area contributed by atoms with Gasteiger partial charge in [0.05, 0.1) is 12.6 Å². The lowest BCUT2D eigenvalue weighted by molar-refractivity contribution is -0.133. The Kier molecular flexibility index (Phi) is 8.21. The molecule has 0 saturated heterocycles. The molecule has 0 bridgehead atoms. The van der Waals surface area contributed by atoms with Crippen LogP contribution in [0.1, 0.15) is 40.0 Å². The molecule has 4 nitrogen and oxygen atoms in total. The van der Waals surface area contributed by atoms with E-state index in [-0.39, 0.29) is 12.5 Å². The predicted octanol–water partition coefficient (Wildman–Crippen LogP) is 0.981. The summed E-state index contributed by atoms with van der Waals surface area (Å²) in [7, 11) is 0. The Bertz CT molecular complexity index is 195. The Labute approximate surface area is 98.8 Å². The van der Waals surface area contributed by atoms with Crippen LogP contribution in [-0.2, 0) is 4.79 Å². The molecule has 96 valence electrons. The van der Waals surface area contributed by atoms with E-state index >= 15 is 0 Å². The van der Waals surface area contributed by atoms with Crippen LogP contribution in [0.15, 0.2) is 0 Å². The summed E-state index contributed by atoms with van der Waals surface area (Å²) in [4.78, 5) is 13.6. The van der Waals surface area contributed by atoms with Crippen molar-refractivity contribution in [1.29, 1.82) is 0 Å². The van der Waals surface area contributed by atoms with Gasteiger partial charge in [0.15, 0.2) is 0 Å². The minimum Gasteiger partial charge on any atom is -0.395 e. The summed E-state index contributed by atoms with van der Waals surface area (Å²) >= 11 is 0. The normalized spacial score (nSPS) is 12.9. The number of nitrogens with two attached hydrogens (primary N) is 1. The van der Waals surface area contributed by atoms with Gasteiger partial charge in [0.2, 0.25) is 5.91 Å². The molecule has 0 aliphatic rings. The summed E-state index contributed by atoms with van der Waals surface area (Å²) in [5.41, 5.74) is 5.85. The van der Waals surface area contributed by atoms with Crippen LogP contribution in [0.2, 0.25) is 0 Å². The Balaban J connectivity index is 4.23. The van der Waals surface area contributed by atoms with Crippen molar-refractivity contribution in [2.24, 2.45) is 11.7 Å². The monoisotopic (exact) mass is 230 g/mol. The van der Waals surface area contributed by atoms with Gasteiger partial charge in [-0.25, -0.2) is 0 Å². The molecule has 16 heavy (non-hydrogen) atoms. The predicted molar refractivity (Wildman–Crippen MR) is 66.0 cm³/mol. The fraction of sp³-hybridized carbons (Fsp3) is 0.917. The van der Waals surface area contributed by atoms with Crippen molar-refractivity contribution in [3.05, 3.63) is 0 Å². The first-order valence-corrected chi connectivity index (χ1v) is 6.18. The molecule has 0 unspecified atom stereocenters. The highest BCUT2D eigenvalue weighted by atomic mass is 16.3. The highest BCUT2D eigenvalue weighted by Crippen LogP contribution is 2.06. The van der Waals surface area contributed by atoms with Gasteiger partial charge in [0, 0.05) is 13.1 Å². The number of aliphatic hydroxyl groups is 1. The first-order valence-electron chi connectivity index (χ1n) is 6.18. The van der Waals surface area contributed by atoms with Crippen LogP contribution in [0.25, 0.3) is 0 Å². The van der Waals surface area contributed by atoms with Gasteiger partial charge < -0.3 is 15.7 Å². The highest BCUT2D eigenvalue weighted by molar-refractivity contribution is 5.81. The van der Waals surface area contributed by atoms with Gasteiger partial charge in [-0.05, 0) is 18.8 Å². The molecule has 4 heteroatoms. The number of hydrogen-bond acceptors (Lipinski definition) is 3. The molecule has 0 heterocycles. The van der Waals surface area contributed by atoms with Crippen molar-refractivity contribution in [2.75, 3.05) is 19.7 Å². The zero-order chi connectivity index (χ0) is 12.6. The number of hydrogen-bond donors (Lipinski definition) is 2. The molecule has 0 spiro atoms. The molecule has 0 aliphatic heterocycles. The van der Waals surface area contributed by atoms with Crippen molar-refractivity contribution in [3.8, 4) is 0 Å². The van der Waals surface area contributed by atoms with Crippen molar-refractivity contribution >= 4 is 5.91 Å². The molecule has 0 rings (SSSR count). The molecular weight excluding hydrogens is 204 g/mol. The van der Waals surface area contributed by atoms with Crippen LogP contribution >= 0.6 is 0 Å². The van der Waals surface area contributed by atoms with Crippen LogP contribution in [0.4, 0.5) is 0 Å². The van der Waals surface area contributed by atoms with Crippen molar-refractivity contribution in [3.63, 3.8) is 0 Å². The zero-order valence-electron chi connectivity index (χ0n) is 10.8. The minimum absolute atomic E-state index is 0.00382. The highest BCUT2D eigenvalue weighted by Gasteiger charge is 2.20. The second-order valence-corrected chi connectivity index (χ2v) is 4.64. The molecular formula is C12H26N2O2. The van der Waals surface area contributed by atoms with E-state index in [2.05, 4.69) is 20.8 Å². The molecule has 1 atom stereocenters. The summed E-state index contributed by atoms with van der Waals surface area (Å²) in [5.74, 6) is 0.386. The largest absolute Gasteiger partial charge is 0.395 e. The standard InChI is InChI=1S/C12H26N2O2/c1-4-5-6-14(7-8-15)12(16)11(13)9-10(2)3/h10-11,15H,4-9,13H2,1-3H3/t11-/m1/s1. The maximum atomic E-state index is 12.0. The van der Waals surface area contributed by atoms with E-state index in [0.717, 1.165) is 12.8 Å².